The van der Waals surface area contributed by atoms with Crippen LogP contribution in [0.4, 0.5) is 0 Å². The number of halogens is 1. The van der Waals surface area contributed by atoms with Crippen molar-refractivity contribution in [1.29, 1.82) is 0 Å². The van der Waals surface area contributed by atoms with Gasteiger partial charge in [0.15, 0.2) is 11.4 Å². The van der Waals surface area contributed by atoms with Gasteiger partial charge in [-0.3, -0.25) is 4.79 Å². The van der Waals surface area contributed by atoms with Crippen molar-refractivity contribution in [2.45, 2.75) is 19.4 Å². The number of hydrogen-bond acceptors (Lipinski definition) is 3. The highest BCUT2D eigenvalue weighted by atomic mass is 127. The highest BCUT2D eigenvalue weighted by molar-refractivity contribution is 14.1. The van der Waals surface area contributed by atoms with E-state index in [9.17, 15) is 9.90 Å². The monoisotopic (exact) mass is 320 g/mol. The number of hydrogen-bond donors (Lipinski definition) is 1. The van der Waals surface area contributed by atoms with Gasteiger partial charge in [-0.2, -0.15) is 0 Å². The zero-order chi connectivity index (χ0) is 11.5. The van der Waals surface area contributed by atoms with Crippen LogP contribution in [0.3, 0.4) is 0 Å². The van der Waals surface area contributed by atoms with E-state index in [2.05, 4.69) is 22.6 Å². The predicted octanol–water partition coefficient (Wildman–Crippen LogP) is 2.01. The van der Waals surface area contributed by atoms with E-state index >= 15 is 0 Å². The quantitative estimate of drug-likeness (QED) is 0.864. The SMILES string of the molecule is CC(=O)[C@@](C)(O)COc1ccc(I)cc1. The fourth-order valence-corrected chi connectivity index (χ4v) is 1.22. The minimum Gasteiger partial charge on any atom is -0.490 e. The van der Waals surface area contributed by atoms with E-state index in [1.807, 2.05) is 12.1 Å². The molecule has 4 heteroatoms. The standard InChI is InChI=1S/C11H13IO3/c1-8(13)11(2,14)7-15-10-5-3-9(12)4-6-10/h3-6,14H,7H2,1-2H3/t11-/m0/s1. The summed E-state index contributed by atoms with van der Waals surface area (Å²) in [5.74, 6) is 0.352. The third-order valence-electron chi connectivity index (χ3n) is 2.09. The normalized spacial score (nSPS) is 14.4. The molecule has 1 aromatic carbocycles. The molecule has 0 bridgehead atoms. The number of aliphatic hydroxyl groups is 1. The molecule has 1 rings (SSSR count). The predicted molar refractivity (Wildman–Crippen MR) is 66.0 cm³/mol. The lowest BCUT2D eigenvalue weighted by Crippen LogP contribution is -2.39. The molecule has 0 unspecified atom stereocenters. The molecule has 0 aliphatic rings. The van der Waals surface area contributed by atoms with Gasteiger partial charge in [0, 0.05) is 3.57 Å². The van der Waals surface area contributed by atoms with Crippen LogP contribution in [0.2, 0.25) is 0 Å². The molecule has 82 valence electrons. The van der Waals surface area contributed by atoms with Crippen LogP contribution in [0.25, 0.3) is 0 Å². The number of Topliss-reactive ketones (excluding diaryl/α,β-unsaturated/α-hetero) is 1. The second-order valence-corrected chi connectivity index (χ2v) is 4.82. The molecule has 15 heavy (non-hydrogen) atoms. The Kier molecular flexibility index (Phi) is 4.10. The summed E-state index contributed by atoms with van der Waals surface area (Å²) in [5, 5.41) is 9.63. The fraction of sp³-hybridized carbons (Fsp3) is 0.364. The third kappa shape index (κ3) is 3.79. The Morgan fingerprint density at radius 1 is 1.47 bits per heavy atom. The van der Waals surface area contributed by atoms with Gasteiger partial charge in [0.25, 0.3) is 0 Å². The molecule has 0 saturated carbocycles. The van der Waals surface area contributed by atoms with Crippen molar-refractivity contribution in [3.63, 3.8) is 0 Å². The number of carbonyl (C=O) groups excluding carboxylic acids is 1. The average Bonchev–Trinajstić information content (AvgIpc) is 2.17. The molecule has 1 N–H and O–H groups in total. The Labute approximate surface area is 103 Å². The van der Waals surface area contributed by atoms with Crippen LogP contribution >= 0.6 is 22.6 Å². The van der Waals surface area contributed by atoms with E-state index in [1.54, 1.807) is 12.1 Å². The number of carbonyl (C=O) groups is 1. The lowest BCUT2D eigenvalue weighted by atomic mass is 10.0. The molecule has 1 aromatic rings. The van der Waals surface area contributed by atoms with Gasteiger partial charge in [0.1, 0.15) is 12.4 Å². The summed E-state index contributed by atoms with van der Waals surface area (Å²) in [5.41, 5.74) is -1.41. The highest BCUT2D eigenvalue weighted by Crippen LogP contribution is 2.15. The zero-order valence-corrected chi connectivity index (χ0v) is 10.8. The van der Waals surface area contributed by atoms with Gasteiger partial charge in [-0.1, -0.05) is 0 Å². The lowest BCUT2D eigenvalue weighted by molar-refractivity contribution is -0.136. The third-order valence-corrected chi connectivity index (χ3v) is 2.81. The van der Waals surface area contributed by atoms with E-state index in [0.29, 0.717) is 5.75 Å². The average molecular weight is 320 g/mol. The maximum Gasteiger partial charge on any atom is 0.164 e. The van der Waals surface area contributed by atoms with Gasteiger partial charge in [-0.05, 0) is 60.7 Å². The summed E-state index contributed by atoms with van der Waals surface area (Å²) < 4.78 is 6.42. The van der Waals surface area contributed by atoms with Crippen molar-refractivity contribution in [3.05, 3.63) is 27.8 Å². The highest BCUT2D eigenvalue weighted by Gasteiger charge is 2.27. The first-order chi connectivity index (χ1) is 6.92. The van der Waals surface area contributed by atoms with Crippen molar-refractivity contribution in [3.8, 4) is 5.75 Å². The summed E-state index contributed by atoms with van der Waals surface area (Å²) in [4.78, 5) is 11.0. The van der Waals surface area contributed by atoms with Crippen molar-refractivity contribution < 1.29 is 14.6 Å². The smallest absolute Gasteiger partial charge is 0.164 e. The minimum absolute atomic E-state index is 0.0249. The second-order valence-electron chi connectivity index (χ2n) is 3.57. The molecule has 0 aromatic heterocycles. The van der Waals surface area contributed by atoms with Crippen LogP contribution in [0.1, 0.15) is 13.8 Å². The zero-order valence-electron chi connectivity index (χ0n) is 8.66. The van der Waals surface area contributed by atoms with Gasteiger partial charge in [0.05, 0.1) is 0 Å². The summed E-state index contributed by atoms with van der Waals surface area (Å²) >= 11 is 2.19. The molecule has 0 radical (unpaired) electrons. The van der Waals surface area contributed by atoms with E-state index < -0.39 is 5.60 Å². The van der Waals surface area contributed by atoms with E-state index in [1.165, 1.54) is 13.8 Å². The Hall–Kier alpha value is -0.620. The number of benzene rings is 1. The van der Waals surface area contributed by atoms with Crippen molar-refractivity contribution in [2.75, 3.05) is 6.61 Å². The first-order valence-electron chi connectivity index (χ1n) is 4.53. The van der Waals surface area contributed by atoms with Crippen LogP contribution in [0, 0.1) is 3.57 Å². The van der Waals surface area contributed by atoms with E-state index in [4.69, 9.17) is 4.74 Å². The molecule has 0 aliphatic carbocycles. The van der Waals surface area contributed by atoms with Crippen LogP contribution in [-0.4, -0.2) is 23.1 Å². The Morgan fingerprint density at radius 3 is 2.47 bits per heavy atom. The van der Waals surface area contributed by atoms with Crippen molar-refractivity contribution >= 4 is 28.4 Å². The molecular formula is C11H13IO3. The molecule has 1 atom stereocenters. The Bertz CT molecular complexity index is 343. The van der Waals surface area contributed by atoms with Crippen LogP contribution in [-0.2, 0) is 4.79 Å². The van der Waals surface area contributed by atoms with Gasteiger partial charge in [0.2, 0.25) is 0 Å². The van der Waals surface area contributed by atoms with E-state index in [-0.39, 0.29) is 12.4 Å². The summed E-state index contributed by atoms with van der Waals surface area (Å²) in [7, 11) is 0. The first kappa shape index (κ1) is 12.4. The van der Waals surface area contributed by atoms with Gasteiger partial charge in [-0.25, -0.2) is 0 Å². The largest absolute Gasteiger partial charge is 0.490 e. The summed E-state index contributed by atoms with van der Waals surface area (Å²) in [6, 6.07) is 7.41. The van der Waals surface area contributed by atoms with E-state index in [0.717, 1.165) is 3.57 Å². The molecule has 0 spiro atoms. The van der Waals surface area contributed by atoms with Crippen molar-refractivity contribution in [1.82, 2.24) is 0 Å². The number of ketones is 1. The Morgan fingerprint density at radius 2 is 2.00 bits per heavy atom. The number of rotatable bonds is 4. The second kappa shape index (κ2) is 4.94. The van der Waals surface area contributed by atoms with Crippen LogP contribution < -0.4 is 4.74 Å². The molecule has 0 heterocycles. The molecule has 0 saturated heterocycles. The van der Waals surface area contributed by atoms with Gasteiger partial charge < -0.3 is 9.84 Å². The van der Waals surface area contributed by atoms with Gasteiger partial charge in [-0.15, -0.1) is 0 Å². The topological polar surface area (TPSA) is 46.5 Å². The van der Waals surface area contributed by atoms with Crippen LogP contribution in [0.5, 0.6) is 5.75 Å². The van der Waals surface area contributed by atoms with Crippen LogP contribution in [0.15, 0.2) is 24.3 Å². The molecular weight excluding hydrogens is 307 g/mol. The molecule has 0 aliphatic heterocycles. The maximum atomic E-state index is 11.0. The maximum absolute atomic E-state index is 11.0. The first-order valence-corrected chi connectivity index (χ1v) is 5.61. The minimum atomic E-state index is -1.41. The fourth-order valence-electron chi connectivity index (χ4n) is 0.856. The summed E-state index contributed by atoms with van der Waals surface area (Å²) in [6.45, 7) is 2.77. The molecule has 0 fully saturated rings. The molecule has 3 nitrogen and oxygen atoms in total. The lowest BCUT2D eigenvalue weighted by Gasteiger charge is -2.20. The Balaban J connectivity index is 2.57. The number of ether oxygens (including phenoxy) is 1. The van der Waals surface area contributed by atoms with Crippen molar-refractivity contribution in [2.24, 2.45) is 0 Å². The molecule has 0 amide bonds. The summed E-state index contributed by atoms with van der Waals surface area (Å²) in [6.07, 6.45) is 0. The van der Waals surface area contributed by atoms with Gasteiger partial charge >= 0.3 is 0 Å².